The fourth-order valence-electron chi connectivity index (χ4n) is 2.15. The van der Waals surface area contributed by atoms with E-state index >= 15 is 0 Å². The average molecular weight is 279 g/mol. The van der Waals surface area contributed by atoms with Crippen molar-refractivity contribution >= 4 is 17.5 Å². The van der Waals surface area contributed by atoms with Crippen LogP contribution in [0.5, 0.6) is 0 Å². The summed E-state index contributed by atoms with van der Waals surface area (Å²) in [5.41, 5.74) is 1.03. The molecule has 0 bridgehead atoms. The minimum atomic E-state index is -0.566. The molecule has 2 rings (SSSR count). The van der Waals surface area contributed by atoms with E-state index in [9.17, 15) is 14.0 Å². The lowest BCUT2D eigenvalue weighted by Crippen LogP contribution is -2.41. The van der Waals surface area contributed by atoms with Gasteiger partial charge in [-0.2, -0.15) is 0 Å². The van der Waals surface area contributed by atoms with E-state index in [-0.39, 0.29) is 24.3 Å². The summed E-state index contributed by atoms with van der Waals surface area (Å²) in [6.45, 7) is 2.42. The van der Waals surface area contributed by atoms with Crippen LogP contribution in [-0.4, -0.2) is 31.4 Å². The largest absolute Gasteiger partial charge is 0.354 e. The molecule has 0 saturated carbocycles. The van der Waals surface area contributed by atoms with Gasteiger partial charge in [0.25, 0.3) is 0 Å². The molecule has 1 aromatic carbocycles. The molecule has 0 fully saturated rings. The third-order valence-electron chi connectivity index (χ3n) is 3.45. The Morgan fingerprint density at radius 3 is 3.00 bits per heavy atom. The highest BCUT2D eigenvalue weighted by atomic mass is 19.1. The predicted octanol–water partition coefficient (Wildman–Crippen LogP) is 0.976. The molecule has 0 spiro atoms. The maximum Gasteiger partial charge on any atom is 0.228 e. The lowest BCUT2D eigenvalue weighted by Gasteiger charge is -2.25. The SMILES string of the molecule is CNC(C)CNC(=O)C1CC(=O)Nc2cc(F)ccc21. The Bertz CT molecular complexity index is 533. The second-order valence-electron chi connectivity index (χ2n) is 4.97. The molecule has 2 amide bonds. The van der Waals surface area contributed by atoms with Gasteiger partial charge in [0.2, 0.25) is 11.8 Å². The second kappa shape index (κ2) is 6.00. The number of anilines is 1. The Balaban J connectivity index is 2.16. The van der Waals surface area contributed by atoms with Crippen molar-refractivity contribution in [2.24, 2.45) is 0 Å². The van der Waals surface area contributed by atoms with Gasteiger partial charge in [-0.25, -0.2) is 4.39 Å². The van der Waals surface area contributed by atoms with Gasteiger partial charge in [0.1, 0.15) is 5.82 Å². The lowest BCUT2D eigenvalue weighted by molar-refractivity contribution is -0.126. The van der Waals surface area contributed by atoms with Crippen LogP contribution in [0.2, 0.25) is 0 Å². The highest BCUT2D eigenvalue weighted by Gasteiger charge is 2.30. The Kier molecular flexibility index (Phi) is 4.34. The third kappa shape index (κ3) is 3.14. The molecule has 5 nitrogen and oxygen atoms in total. The van der Waals surface area contributed by atoms with E-state index in [1.54, 1.807) is 6.07 Å². The van der Waals surface area contributed by atoms with Crippen molar-refractivity contribution in [3.05, 3.63) is 29.6 Å². The first-order valence-corrected chi connectivity index (χ1v) is 6.55. The molecule has 0 saturated heterocycles. The van der Waals surface area contributed by atoms with Gasteiger partial charge in [-0.15, -0.1) is 0 Å². The van der Waals surface area contributed by atoms with Gasteiger partial charge < -0.3 is 16.0 Å². The Hall–Kier alpha value is -1.95. The quantitative estimate of drug-likeness (QED) is 0.769. The number of hydrogen-bond donors (Lipinski definition) is 3. The van der Waals surface area contributed by atoms with Gasteiger partial charge in [0.15, 0.2) is 0 Å². The zero-order valence-electron chi connectivity index (χ0n) is 11.5. The fraction of sp³-hybridized carbons (Fsp3) is 0.429. The molecule has 0 radical (unpaired) electrons. The number of amides is 2. The number of benzene rings is 1. The van der Waals surface area contributed by atoms with Crippen LogP contribution >= 0.6 is 0 Å². The van der Waals surface area contributed by atoms with E-state index in [4.69, 9.17) is 0 Å². The highest BCUT2D eigenvalue weighted by molar-refractivity contribution is 6.01. The van der Waals surface area contributed by atoms with Gasteiger partial charge in [-0.1, -0.05) is 6.07 Å². The topological polar surface area (TPSA) is 70.2 Å². The van der Waals surface area contributed by atoms with Crippen molar-refractivity contribution in [3.63, 3.8) is 0 Å². The first kappa shape index (κ1) is 14.5. The number of fused-ring (bicyclic) bond motifs is 1. The molecular formula is C14H18FN3O2. The molecule has 108 valence electrons. The number of likely N-dealkylation sites (N-methyl/N-ethyl adjacent to an activating group) is 1. The van der Waals surface area contributed by atoms with Crippen molar-refractivity contribution < 1.29 is 14.0 Å². The maximum absolute atomic E-state index is 13.2. The van der Waals surface area contributed by atoms with E-state index in [0.717, 1.165) is 0 Å². The maximum atomic E-state index is 13.2. The van der Waals surface area contributed by atoms with E-state index in [0.29, 0.717) is 17.8 Å². The minimum absolute atomic E-state index is 0.0817. The summed E-state index contributed by atoms with van der Waals surface area (Å²) in [4.78, 5) is 23.8. The Labute approximate surface area is 116 Å². The normalized spacial score (nSPS) is 18.9. The third-order valence-corrected chi connectivity index (χ3v) is 3.45. The van der Waals surface area contributed by atoms with Crippen molar-refractivity contribution in [1.29, 1.82) is 0 Å². The van der Waals surface area contributed by atoms with Crippen LogP contribution < -0.4 is 16.0 Å². The second-order valence-corrected chi connectivity index (χ2v) is 4.97. The molecule has 1 heterocycles. The number of rotatable bonds is 4. The lowest BCUT2D eigenvalue weighted by atomic mass is 9.89. The zero-order chi connectivity index (χ0) is 14.7. The van der Waals surface area contributed by atoms with Crippen molar-refractivity contribution in [2.75, 3.05) is 18.9 Å². The Morgan fingerprint density at radius 1 is 1.55 bits per heavy atom. The van der Waals surface area contributed by atoms with E-state index in [2.05, 4.69) is 16.0 Å². The van der Waals surface area contributed by atoms with Gasteiger partial charge >= 0.3 is 0 Å². The molecule has 2 atom stereocenters. The molecular weight excluding hydrogens is 261 g/mol. The van der Waals surface area contributed by atoms with Crippen molar-refractivity contribution in [1.82, 2.24) is 10.6 Å². The first-order chi connectivity index (χ1) is 9.51. The molecule has 2 unspecified atom stereocenters. The number of halogens is 1. The number of hydrogen-bond acceptors (Lipinski definition) is 3. The monoisotopic (exact) mass is 279 g/mol. The first-order valence-electron chi connectivity index (χ1n) is 6.55. The fourth-order valence-corrected chi connectivity index (χ4v) is 2.15. The summed E-state index contributed by atoms with van der Waals surface area (Å²) in [5, 5.41) is 8.41. The molecule has 6 heteroatoms. The molecule has 0 aliphatic carbocycles. The van der Waals surface area contributed by atoms with Crippen LogP contribution in [0.15, 0.2) is 18.2 Å². The van der Waals surface area contributed by atoms with Crippen LogP contribution in [0.3, 0.4) is 0 Å². The molecule has 1 aromatic rings. The molecule has 1 aliphatic heterocycles. The number of nitrogens with one attached hydrogen (secondary N) is 3. The van der Waals surface area contributed by atoms with Crippen LogP contribution in [0, 0.1) is 5.82 Å². The summed E-state index contributed by atoms with van der Waals surface area (Å²) in [7, 11) is 1.81. The molecule has 0 aromatic heterocycles. The minimum Gasteiger partial charge on any atom is -0.354 e. The van der Waals surface area contributed by atoms with Gasteiger partial charge in [0.05, 0.1) is 5.92 Å². The van der Waals surface area contributed by atoms with Gasteiger partial charge in [-0.05, 0) is 31.7 Å². The summed E-state index contributed by atoms with van der Waals surface area (Å²) >= 11 is 0. The number of carbonyl (C=O) groups is 2. The van der Waals surface area contributed by atoms with Gasteiger partial charge in [-0.3, -0.25) is 9.59 Å². The standard InChI is InChI=1S/C14H18FN3O2/c1-8(16-2)7-17-14(20)11-6-13(19)18-12-5-9(15)3-4-10(11)12/h3-5,8,11,16H,6-7H2,1-2H3,(H,17,20)(H,18,19). The number of carbonyl (C=O) groups excluding carboxylic acids is 2. The van der Waals surface area contributed by atoms with Crippen molar-refractivity contribution in [3.8, 4) is 0 Å². The van der Waals surface area contributed by atoms with E-state index in [1.807, 2.05) is 14.0 Å². The van der Waals surface area contributed by atoms with E-state index < -0.39 is 11.7 Å². The molecule has 3 N–H and O–H groups in total. The van der Waals surface area contributed by atoms with Gasteiger partial charge in [0, 0.05) is 24.7 Å². The smallest absolute Gasteiger partial charge is 0.228 e. The molecule has 1 aliphatic rings. The summed E-state index contributed by atoms with van der Waals surface area (Å²) in [6.07, 6.45) is 0.0817. The van der Waals surface area contributed by atoms with Crippen LogP contribution in [0.1, 0.15) is 24.8 Å². The van der Waals surface area contributed by atoms with E-state index in [1.165, 1.54) is 12.1 Å². The highest BCUT2D eigenvalue weighted by Crippen LogP contribution is 2.32. The Morgan fingerprint density at radius 2 is 2.30 bits per heavy atom. The van der Waals surface area contributed by atoms with Crippen LogP contribution in [0.4, 0.5) is 10.1 Å². The summed E-state index contributed by atoms with van der Waals surface area (Å²) < 4.78 is 13.2. The van der Waals surface area contributed by atoms with Crippen LogP contribution in [0.25, 0.3) is 0 Å². The van der Waals surface area contributed by atoms with Crippen LogP contribution in [-0.2, 0) is 9.59 Å². The molecule has 20 heavy (non-hydrogen) atoms. The average Bonchev–Trinajstić information content (AvgIpc) is 2.42. The zero-order valence-corrected chi connectivity index (χ0v) is 11.5. The summed E-state index contributed by atoms with van der Waals surface area (Å²) in [5.74, 6) is -1.49. The van der Waals surface area contributed by atoms with Crippen molar-refractivity contribution in [2.45, 2.75) is 25.3 Å². The predicted molar refractivity (Wildman–Crippen MR) is 73.9 cm³/mol. The summed E-state index contributed by atoms with van der Waals surface area (Å²) in [6, 6.07) is 4.23.